The fourth-order valence-electron chi connectivity index (χ4n) is 3.90. The summed E-state index contributed by atoms with van der Waals surface area (Å²) in [6.07, 6.45) is 13.5. The van der Waals surface area contributed by atoms with E-state index in [0.29, 0.717) is 6.42 Å². The van der Waals surface area contributed by atoms with Crippen LogP contribution in [0.1, 0.15) is 105 Å². The maximum atomic E-state index is 12.0. The zero-order valence-electron chi connectivity index (χ0n) is 15.9. The lowest BCUT2D eigenvalue weighted by molar-refractivity contribution is -0.117. The van der Waals surface area contributed by atoms with Gasteiger partial charge >= 0.3 is 0 Å². The molecule has 2 heteroatoms. The van der Waals surface area contributed by atoms with E-state index in [0.717, 1.165) is 30.4 Å². The van der Waals surface area contributed by atoms with Gasteiger partial charge in [0.1, 0.15) is 0 Å². The summed E-state index contributed by atoms with van der Waals surface area (Å²) in [6.45, 7) is 8.48. The fraction of sp³-hybridized carbons (Fsp3) is 0.857. The van der Waals surface area contributed by atoms with Crippen LogP contribution in [0.5, 0.6) is 0 Å². The van der Waals surface area contributed by atoms with Gasteiger partial charge in [0.05, 0.1) is 6.10 Å². The topological polar surface area (TPSA) is 37.3 Å². The Morgan fingerprint density at radius 1 is 1.00 bits per heavy atom. The van der Waals surface area contributed by atoms with Crippen molar-refractivity contribution < 1.29 is 9.90 Å². The van der Waals surface area contributed by atoms with Crippen molar-refractivity contribution in [3.05, 3.63) is 11.1 Å². The molecule has 1 aliphatic carbocycles. The van der Waals surface area contributed by atoms with Gasteiger partial charge in [0, 0.05) is 6.42 Å². The number of carbonyl (C=O) groups excluding carboxylic acids is 1. The summed E-state index contributed by atoms with van der Waals surface area (Å²) < 4.78 is 0. The van der Waals surface area contributed by atoms with Crippen LogP contribution >= 0.6 is 0 Å². The Labute approximate surface area is 143 Å². The second-order valence-electron chi connectivity index (χ2n) is 7.98. The molecule has 0 spiro atoms. The molecular weight excluding hydrogens is 284 g/mol. The summed E-state index contributed by atoms with van der Waals surface area (Å²) in [5.41, 5.74) is 1.80. The quantitative estimate of drug-likeness (QED) is 0.475. The van der Waals surface area contributed by atoms with Crippen LogP contribution in [0.3, 0.4) is 0 Å². The predicted octanol–water partition coefficient (Wildman–Crippen LogP) is 5.97. The largest absolute Gasteiger partial charge is 0.389 e. The maximum Gasteiger partial charge on any atom is 0.158 e. The molecule has 0 aromatic rings. The van der Waals surface area contributed by atoms with Crippen molar-refractivity contribution in [2.75, 3.05) is 0 Å². The molecule has 1 N–H and O–H groups in total. The molecule has 1 atom stereocenters. The van der Waals surface area contributed by atoms with Gasteiger partial charge in [-0.05, 0) is 36.3 Å². The summed E-state index contributed by atoms with van der Waals surface area (Å²) in [7, 11) is 0. The first-order chi connectivity index (χ1) is 10.9. The minimum Gasteiger partial charge on any atom is -0.389 e. The van der Waals surface area contributed by atoms with Gasteiger partial charge in [-0.15, -0.1) is 0 Å². The van der Waals surface area contributed by atoms with Crippen LogP contribution in [0.4, 0.5) is 0 Å². The highest BCUT2D eigenvalue weighted by molar-refractivity contribution is 5.96. The molecule has 0 amide bonds. The lowest BCUT2D eigenvalue weighted by atomic mass is 9.69. The molecule has 0 aliphatic heterocycles. The van der Waals surface area contributed by atoms with E-state index in [1.807, 2.05) is 6.92 Å². The maximum absolute atomic E-state index is 12.0. The minimum absolute atomic E-state index is 0.0311. The Morgan fingerprint density at radius 2 is 1.52 bits per heavy atom. The second kappa shape index (κ2) is 10.3. The summed E-state index contributed by atoms with van der Waals surface area (Å²) in [5.74, 6) is 0.227. The van der Waals surface area contributed by atoms with E-state index in [4.69, 9.17) is 0 Å². The molecule has 0 saturated carbocycles. The van der Waals surface area contributed by atoms with Gasteiger partial charge < -0.3 is 5.11 Å². The fourth-order valence-corrected chi connectivity index (χ4v) is 3.90. The van der Waals surface area contributed by atoms with Crippen LogP contribution in [0, 0.1) is 5.41 Å². The van der Waals surface area contributed by atoms with Gasteiger partial charge in [-0.25, -0.2) is 0 Å². The Balaban J connectivity index is 2.27. The van der Waals surface area contributed by atoms with E-state index in [1.165, 1.54) is 51.4 Å². The third kappa shape index (κ3) is 6.79. The highest BCUT2D eigenvalue weighted by Gasteiger charge is 2.35. The van der Waals surface area contributed by atoms with Crippen molar-refractivity contribution >= 4 is 5.78 Å². The number of allylic oxidation sites excluding steroid dienone is 1. The van der Waals surface area contributed by atoms with Crippen molar-refractivity contribution in [3.8, 4) is 0 Å². The number of rotatable bonds is 11. The molecule has 0 radical (unpaired) electrons. The molecule has 0 aromatic carbocycles. The van der Waals surface area contributed by atoms with Gasteiger partial charge in [-0.2, -0.15) is 0 Å². The van der Waals surface area contributed by atoms with Crippen LogP contribution in [-0.2, 0) is 4.79 Å². The first-order valence-electron chi connectivity index (χ1n) is 9.82. The zero-order chi connectivity index (χ0) is 17.3. The first kappa shape index (κ1) is 20.4. The molecule has 134 valence electrons. The number of carbonyl (C=O) groups is 1. The molecular formula is C21H38O2. The molecule has 0 saturated heterocycles. The number of aliphatic hydroxyl groups is 1. The predicted molar refractivity (Wildman–Crippen MR) is 98.6 cm³/mol. The third-order valence-electron chi connectivity index (χ3n) is 5.44. The van der Waals surface area contributed by atoms with E-state index in [2.05, 4.69) is 20.8 Å². The highest BCUT2D eigenvalue weighted by atomic mass is 16.3. The van der Waals surface area contributed by atoms with Crippen molar-refractivity contribution in [1.29, 1.82) is 0 Å². The molecule has 0 bridgehead atoms. The third-order valence-corrected chi connectivity index (χ3v) is 5.44. The summed E-state index contributed by atoms with van der Waals surface area (Å²) in [5, 5.41) is 10.6. The smallest absolute Gasteiger partial charge is 0.158 e. The number of Topliss-reactive ketones (excluding diaryl/α,β-unsaturated/α-hetero) is 1. The van der Waals surface area contributed by atoms with Crippen molar-refractivity contribution in [2.45, 2.75) is 111 Å². The Bertz CT molecular complexity index is 393. The monoisotopic (exact) mass is 322 g/mol. The van der Waals surface area contributed by atoms with E-state index >= 15 is 0 Å². The van der Waals surface area contributed by atoms with E-state index in [1.54, 1.807) is 0 Å². The molecule has 1 rings (SSSR count). The first-order valence-corrected chi connectivity index (χ1v) is 9.82. The molecule has 0 aromatic heterocycles. The van der Waals surface area contributed by atoms with Crippen LogP contribution < -0.4 is 0 Å². The van der Waals surface area contributed by atoms with E-state index in [9.17, 15) is 9.90 Å². The molecule has 0 heterocycles. The molecule has 23 heavy (non-hydrogen) atoms. The van der Waals surface area contributed by atoms with Crippen LogP contribution in [0.15, 0.2) is 11.1 Å². The average Bonchev–Trinajstić information content (AvgIpc) is 2.49. The van der Waals surface area contributed by atoms with Gasteiger partial charge in [0.2, 0.25) is 0 Å². The lowest BCUT2D eigenvalue weighted by Gasteiger charge is -2.36. The highest BCUT2D eigenvalue weighted by Crippen LogP contribution is 2.41. The molecule has 1 unspecified atom stereocenters. The van der Waals surface area contributed by atoms with Gasteiger partial charge in [0.25, 0.3) is 0 Å². The normalized spacial score (nSPS) is 19.3. The van der Waals surface area contributed by atoms with Crippen molar-refractivity contribution in [3.63, 3.8) is 0 Å². The minimum atomic E-state index is -0.432. The summed E-state index contributed by atoms with van der Waals surface area (Å²) >= 11 is 0. The Hall–Kier alpha value is -0.630. The lowest BCUT2D eigenvalue weighted by Crippen LogP contribution is -2.32. The number of aliphatic hydroxyl groups excluding tert-OH is 1. The van der Waals surface area contributed by atoms with Crippen molar-refractivity contribution in [2.24, 2.45) is 5.41 Å². The summed E-state index contributed by atoms with van der Waals surface area (Å²) in [4.78, 5) is 12.0. The zero-order valence-corrected chi connectivity index (χ0v) is 15.9. The molecule has 1 aliphatic rings. The van der Waals surface area contributed by atoms with Crippen LogP contribution in [0.25, 0.3) is 0 Å². The van der Waals surface area contributed by atoms with Gasteiger partial charge in [-0.1, -0.05) is 78.6 Å². The van der Waals surface area contributed by atoms with Gasteiger partial charge in [0.15, 0.2) is 5.78 Å². The summed E-state index contributed by atoms with van der Waals surface area (Å²) in [6, 6.07) is 0. The number of hydrogen-bond acceptors (Lipinski definition) is 2. The molecule has 0 fully saturated rings. The Kier molecular flexibility index (Phi) is 9.12. The van der Waals surface area contributed by atoms with Gasteiger partial charge in [-0.3, -0.25) is 4.79 Å². The second-order valence-corrected chi connectivity index (χ2v) is 7.98. The van der Waals surface area contributed by atoms with Crippen LogP contribution in [-0.4, -0.2) is 17.0 Å². The van der Waals surface area contributed by atoms with Crippen LogP contribution in [0.2, 0.25) is 0 Å². The number of unbranched alkanes of at least 4 members (excludes halogenated alkanes) is 8. The van der Waals surface area contributed by atoms with Crippen molar-refractivity contribution in [1.82, 2.24) is 0 Å². The van der Waals surface area contributed by atoms with E-state index < -0.39 is 6.10 Å². The number of hydrogen-bond donors (Lipinski definition) is 1. The average molecular weight is 323 g/mol. The Morgan fingerprint density at radius 3 is 2.09 bits per heavy atom. The number of ketones is 1. The standard InChI is InChI=1S/C21H38O2/c1-5-6-7-8-9-10-11-12-13-14-19(23)20-17(2)18(22)15-16-21(20,3)4/h19,23H,5-16H2,1-4H3. The van der Waals surface area contributed by atoms with E-state index in [-0.39, 0.29) is 11.2 Å². The SMILES string of the molecule is CCCCCCCCCCCC(O)C1=C(C)C(=O)CCC1(C)C. The molecule has 2 nitrogen and oxygen atoms in total.